The average Bonchev–Trinajstić information content (AvgIpc) is 2.71. The third-order valence-electron chi connectivity index (χ3n) is 2.11. The van der Waals surface area contributed by atoms with Crippen LogP contribution in [0, 0.1) is 12.3 Å². The molecule has 1 aromatic heterocycles. The number of carbonyl (C=O) groups is 2. The van der Waals surface area contributed by atoms with Crippen LogP contribution in [0.4, 0.5) is 5.13 Å². The molecule has 0 unspecified atom stereocenters. The Hall–Kier alpha value is -1.87. The van der Waals surface area contributed by atoms with E-state index in [2.05, 4.69) is 16.2 Å². The lowest BCUT2D eigenvalue weighted by molar-refractivity contribution is -0.136. The molecule has 0 aliphatic carbocycles. The van der Waals surface area contributed by atoms with E-state index >= 15 is 0 Å². The first-order valence-electron chi connectivity index (χ1n) is 5.51. The number of unbranched alkanes of at least 4 members (excludes halogenated alkanes) is 2. The second kappa shape index (κ2) is 7.45. The third-order valence-corrected chi connectivity index (χ3v) is 2.91. The van der Waals surface area contributed by atoms with Gasteiger partial charge in [-0.15, -0.1) is 23.7 Å². The molecule has 0 radical (unpaired) electrons. The Morgan fingerprint density at radius 3 is 2.94 bits per heavy atom. The summed E-state index contributed by atoms with van der Waals surface area (Å²) < 4.78 is 0. The summed E-state index contributed by atoms with van der Waals surface area (Å²) in [6, 6.07) is 0. The zero-order valence-corrected chi connectivity index (χ0v) is 10.6. The molecular weight excluding hydrogens is 252 g/mol. The number of nitrogens with one attached hydrogen (secondary N) is 1. The summed E-state index contributed by atoms with van der Waals surface area (Å²) in [5.41, 5.74) is 0.454. The average molecular weight is 266 g/mol. The van der Waals surface area contributed by atoms with Gasteiger partial charge in [0.05, 0.1) is 12.1 Å². The van der Waals surface area contributed by atoms with E-state index in [9.17, 15) is 9.59 Å². The highest BCUT2D eigenvalue weighted by molar-refractivity contribution is 7.13. The van der Waals surface area contributed by atoms with Crippen LogP contribution in [0.15, 0.2) is 5.38 Å². The number of hydrogen-bond acceptors (Lipinski definition) is 4. The van der Waals surface area contributed by atoms with Crippen LogP contribution in [0.5, 0.6) is 0 Å². The summed E-state index contributed by atoms with van der Waals surface area (Å²) in [6.45, 7) is 0. The van der Waals surface area contributed by atoms with Gasteiger partial charge in [-0.05, 0) is 12.8 Å². The molecule has 0 bridgehead atoms. The highest BCUT2D eigenvalue weighted by atomic mass is 32.1. The van der Waals surface area contributed by atoms with E-state index in [1.54, 1.807) is 5.38 Å². The van der Waals surface area contributed by atoms with Crippen LogP contribution in [0.3, 0.4) is 0 Å². The van der Waals surface area contributed by atoms with E-state index in [-0.39, 0.29) is 12.3 Å². The predicted octanol–water partition coefficient (Wildman–Crippen LogP) is 1.90. The molecule has 1 rings (SSSR count). The van der Waals surface area contributed by atoms with Crippen LogP contribution < -0.4 is 5.32 Å². The van der Waals surface area contributed by atoms with Crippen LogP contribution in [-0.2, 0) is 16.0 Å². The first-order chi connectivity index (χ1) is 8.61. The number of carboxylic acid groups (broad SMARTS) is 1. The third kappa shape index (κ3) is 5.46. The van der Waals surface area contributed by atoms with Crippen molar-refractivity contribution in [2.45, 2.75) is 32.1 Å². The Labute approximate surface area is 109 Å². The van der Waals surface area contributed by atoms with Crippen molar-refractivity contribution >= 4 is 28.3 Å². The number of aromatic nitrogens is 1. The van der Waals surface area contributed by atoms with Gasteiger partial charge in [0.2, 0.25) is 5.91 Å². The van der Waals surface area contributed by atoms with Crippen molar-refractivity contribution in [1.82, 2.24) is 4.98 Å². The lowest BCUT2D eigenvalue weighted by Crippen LogP contribution is -2.11. The van der Waals surface area contributed by atoms with Crippen molar-refractivity contribution in [3.8, 4) is 12.3 Å². The van der Waals surface area contributed by atoms with Gasteiger partial charge < -0.3 is 10.4 Å². The SMILES string of the molecule is C#CCCCCC(=O)Nc1nc(CC(=O)O)cs1. The molecule has 0 aromatic carbocycles. The Balaban J connectivity index is 2.33. The molecule has 0 atom stereocenters. The smallest absolute Gasteiger partial charge is 0.309 e. The predicted molar refractivity (Wildman–Crippen MR) is 69.4 cm³/mol. The van der Waals surface area contributed by atoms with Crippen LogP contribution in [0.2, 0.25) is 0 Å². The lowest BCUT2D eigenvalue weighted by atomic mass is 10.2. The minimum Gasteiger partial charge on any atom is -0.481 e. The van der Waals surface area contributed by atoms with Crippen molar-refractivity contribution in [3.05, 3.63) is 11.1 Å². The van der Waals surface area contributed by atoms with Crippen molar-refractivity contribution in [3.63, 3.8) is 0 Å². The van der Waals surface area contributed by atoms with Gasteiger partial charge in [-0.3, -0.25) is 9.59 Å². The maximum Gasteiger partial charge on any atom is 0.309 e. The van der Waals surface area contributed by atoms with Gasteiger partial charge in [-0.1, -0.05) is 0 Å². The van der Waals surface area contributed by atoms with E-state index in [0.29, 0.717) is 23.7 Å². The molecule has 96 valence electrons. The van der Waals surface area contributed by atoms with E-state index < -0.39 is 5.97 Å². The number of carbonyl (C=O) groups excluding carboxylic acids is 1. The first kappa shape index (κ1) is 14.2. The van der Waals surface area contributed by atoms with Crippen molar-refractivity contribution in [1.29, 1.82) is 0 Å². The number of nitrogens with zero attached hydrogens (tertiary/aromatic N) is 1. The summed E-state index contributed by atoms with van der Waals surface area (Å²) in [6.07, 6.45) is 7.61. The number of aliphatic carboxylic acids is 1. The monoisotopic (exact) mass is 266 g/mol. The molecule has 0 spiro atoms. The zero-order chi connectivity index (χ0) is 13.4. The fourth-order valence-electron chi connectivity index (χ4n) is 1.29. The zero-order valence-electron chi connectivity index (χ0n) is 9.81. The topological polar surface area (TPSA) is 79.3 Å². The van der Waals surface area contributed by atoms with Crippen molar-refractivity contribution in [2.24, 2.45) is 0 Å². The Morgan fingerprint density at radius 1 is 1.50 bits per heavy atom. The van der Waals surface area contributed by atoms with Crippen molar-refractivity contribution < 1.29 is 14.7 Å². The molecular formula is C12H14N2O3S. The second-order valence-corrected chi connectivity index (χ2v) is 4.53. The summed E-state index contributed by atoms with van der Waals surface area (Å²) in [4.78, 5) is 26.0. The molecule has 1 aromatic rings. The van der Waals surface area contributed by atoms with Gasteiger partial charge in [0.15, 0.2) is 5.13 Å². The number of anilines is 1. The number of hydrogen-bond donors (Lipinski definition) is 2. The highest BCUT2D eigenvalue weighted by Crippen LogP contribution is 2.16. The maximum absolute atomic E-state index is 11.5. The highest BCUT2D eigenvalue weighted by Gasteiger charge is 2.08. The number of thiazole rings is 1. The van der Waals surface area contributed by atoms with E-state index in [4.69, 9.17) is 11.5 Å². The van der Waals surface area contributed by atoms with E-state index in [1.807, 2.05) is 0 Å². The minimum absolute atomic E-state index is 0.122. The molecule has 18 heavy (non-hydrogen) atoms. The molecule has 2 N–H and O–H groups in total. The fraction of sp³-hybridized carbons (Fsp3) is 0.417. The van der Waals surface area contributed by atoms with Crippen LogP contribution >= 0.6 is 11.3 Å². The number of rotatable bonds is 7. The van der Waals surface area contributed by atoms with Crippen LogP contribution in [-0.4, -0.2) is 22.0 Å². The summed E-state index contributed by atoms with van der Waals surface area (Å²) in [7, 11) is 0. The van der Waals surface area contributed by atoms with Crippen LogP contribution in [0.25, 0.3) is 0 Å². The summed E-state index contributed by atoms with van der Waals surface area (Å²) >= 11 is 1.22. The van der Waals surface area contributed by atoms with Gasteiger partial charge in [0, 0.05) is 18.2 Å². The standard InChI is InChI=1S/C12H14N2O3S/c1-2-3-4-5-6-10(15)14-12-13-9(8-18-12)7-11(16)17/h1,8H,3-7H2,(H,16,17)(H,13,14,15). The Kier molecular flexibility index (Phi) is 5.88. The number of amides is 1. The summed E-state index contributed by atoms with van der Waals surface area (Å²) in [5.74, 6) is 1.46. The van der Waals surface area contributed by atoms with E-state index in [1.165, 1.54) is 11.3 Å². The van der Waals surface area contributed by atoms with Gasteiger partial charge in [0.25, 0.3) is 0 Å². The van der Waals surface area contributed by atoms with Crippen molar-refractivity contribution in [2.75, 3.05) is 5.32 Å². The molecule has 1 amide bonds. The second-order valence-electron chi connectivity index (χ2n) is 3.67. The van der Waals surface area contributed by atoms with E-state index in [0.717, 1.165) is 12.8 Å². The molecule has 0 aliphatic heterocycles. The van der Waals surface area contributed by atoms with Gasteiger partial charge in [-0.25, -0.2) is 4.98 Å². The quantitative estimate of drug-likeness (QED) is 0.583. The molecule has 0 saturated heterocycles. The molecule has 5 nitrogen and oxygen atoms in total. The normalized spacial score (nSPS) is 9.72. The Morgan fingerprint density at radius 2 is 2.28 bits per heavy atom. The molecule has 6 heteroatoms. The van der Waals surface area contributed by atoms with Crippen LogP contribution in [0.1, 0.15) is 31.4 Å². The first-order valence-corrected chi connectivity index (χ1v) is 6.39. The fourth-order valence-corrected chi connectivity index (χ4v) is 2.02. The number of carboxylic acids is 1. The molecule has 0 saturated carbocycles. The number of terminal acetylenes is 1. The maximum atomic E-state index is 11.5. The molecule has 0 fully saturated rings. The lowest BCUT2D eigenvalue weighted by Gasteiger charge is -2.00. The minimum atomic E-state index is -0.938. The Bertz CT molecular complexity index is 462. The van der Waals surface area contributed by atoms with Gasteiger partial charge in [0.1, 0.15) is 0 Å². The molecule has 0 aliphatic rings. The summed E-state index contributed by atoms with van der Waals surface area (Å²) in [5, 5.41) is 13.3. The largest absolute Gasteiger partial charge is 0.481 e. The van der Waals surface area contributed by atoms with Gasteiger partial charge >= 0.3 is 5.97 Å². The van der Waals surface area contributed by atoms with Gasteiger partial charge in [-0.2, -0.15) is 0 Å². The molecule has 1 heterocycles.